The molecule has 2 saturated heterocycles. The number of likely N-dealkylation sites (tertiary alicyclic amines) is 1. The number of ether oxygens (including phenoxy) is 1. The standard InChI is InChI=1S/C14H20N2O3S/c1-19-9-13-4-6-20(17,18)14(13)10-16(11-14)8-12-3-2-5-15-7-12/h2-3,5,7,13H,4,6,8-11H2,1H3. The first-order chi connectivity index (χ1) is 9.57. The summed E-state index contributed by atoms with van der Waals surface area (Å²) in [6.07, 6.45) is 4.31. The van der Waals surface area contributed by atoms with E-state index in [1.165, 1.54) is 0 Å². The summed E-state index contributed by atoms with van der Waals surface area (Å²) in [4.78, 5) is 6.28. The second kappa shape index (κ2) is 5.09. The summed E-state index contributed by atoms with van der Waals surface area (Å²) in [5.74, 6) is 0.449. The average Bonchev–Trinajstić information content (AvgIpc) is 2.64. The number of methoxy groups -OCH3 is 1. The Hall–Kier alpha value is -0.980. The van der Waals surface area contributed by atoms with Crippen molar-refractivity contribution in [3.05, 3.63) is 30.1 Å². The zero-order valence-electron chi connectivity index (χ0n) is 11.7. The van der Waals surface area contributed by atoms with Gasteiger partial charge < -0.3 is 4.74 Å². The van der Waals surface area contributed by atoms with Gasteiger partial charge in [-0.15, -0.1) is 0 Å². The SMILES string of the molecule is COCC1CCS(=O)(=O)C12CN(Cc1cccnc1)C2. The molecule has 3 rings (SSSR count). The van der Waals surface area contributed by atoms with Crippen molar-refractivity contribution >= 4 is 9.84 Å². The molecule has 1 unspecified atom stereocenters. The second-order valence-corrected chi connectivity index (χ2v) is 8.28. The van der Waals surface area contributed by atoms with Crippen molar-refractivity contribution < 1.29 is 13.2 Å². The van der Waals surface area contributed by atoms with Crippen LogP contribution < -0.4 is 0 Å². The first-order valence-corrected chi connectivity index (χ1v) is 8.55. The third-order valence-electron chi connectivity index (χ3n) is 4.58. The quantitative estimate of drug-likeness (QED) is 0.819. The van der Waals surface area contributed by atoms with Gasteiger partial charge in [-0.25, -0.2) is 8.42 Å². The normalized spacial score (nSPS) is 27.6. The van der Waals surface area contributed by atoms with Gasteiger partial charge >= 0.3 is 0 Å². The number of sulfone groups is 1. The van der Waals surface area contributed by atoms with Gasteiger partial charge in [-0.05, 0) is 18.1 Å². The molecule has 0 amide bonds. The topological polar surface area (TPSA) is 59.5 Å². The molecule has 0 N–H and O–H groups in total. The highest BCUT2D eigenvalue weighted by Gasteiger charge is 2.61. The minimum atomic E-state index is -2.98. The van der Waals surface area contributed by atoms with Crippen LogP contribution in [-0.2, 0) is 21.1 Å². The average molecular weight is 296 g/mol. The molecule has 1 atom stereocenters. The van der Waals surface area contributed by atoms with Gasteiger partial charge in [0.05, 0.1) is 12.4 Å². The van der Waals surface area contributed by atoms with Crippen molar-refractivity contribution in [3.63, 3.8) is 0 Å². The maximum Gasteiger partial charge on any atom is 0.158 e. The maximum absolute atomic E-state index is 12.4. The number of pyridine rings is 1. The molecule has 3 heterocycles. The third-order valence-corrected chi connectivity index (χ3v) is 7.18. The Kier molecular flexibility index (Phi) is 3.56. The van der Waals surface area contributed by atoms with E-state index in [0.29, 0.717) is 25.4 Å². The van der Waals surface area contributed by atoms with E-state index < -0.39 is 14.6 Å². The molecular weight excluding hydrogens is 276 g/mol. The van der Waals surface area contributed by atoms with Crippen molar-refractivity contribution in [2.24, 2.45) is 5.92 Å². The Morgan fingerprint density at radius 3 is 2.95 bits per heavy atom. The summed E-state index contributed by atoms with van der Waals surface area (Å²) in [6, 6.07) is 3.93. The summed E-state index contributed by atoms with van der Waals surface area (Å²) < 4.78 is 29.4. The van der Waals surface area contributed by atoms with Crippen LogP contribution in [0.5, 0.6) is 0 Å². The molecule has 0 saturated carbocycles. The Bertz CT molecular complexity index is 567. The molecule has 20 heavy (non-hydrogen) atoms. The fourth-order valence-electron chi connectivity index (χ4n) is 3.48. The molecule has 1 aromatic heterocycles. The molecule has 110 valence electrons. The highest BCUT2D eigenvalue weighted by molar-refractivity contribution is 7.93. The number of rotatable bonds is 4. The third kappa shape index (κ3) is 2.16. The van der Waals surface area contributed by atoms with Crippen molar-refractivity contribution in [3.8, 4) is 0 Å². The van der Waals surface area contributed by atoms with E-state index in [9.17, 15) is 8.42 Å². The van der Waals surface area contributed by atoms with Gasteiger partial charge in [-0.3, -0.25) is 9.88 Å². The largest absolute Gasteiger partial charge is 0.384 e. The number of hydrogen-bond acceptors (Lipinski definition) is 5. The Morgan fingerprint density at radius 1 is 1.50 bits per heavy atom. The number of nitrogens with zero attached hydrogens (tertiary/aromatic N) is 2. The van der Waals surface area contributed by atoms with Gasteiger partial charge in [-0.2, -0.15) is 0 Å². The Morgan fingerprint density at radius 2 is 2.30 bits per heavy atom. The Labute approximate surface area is 119 Å². The lowest BCUT2D eigenvalue weighted by Gasteiger charge is -2.50. The molecule has 1 spiro atoms. The summed E-state index contributed by atoms with van der Waals surface area (Å²) in [5, 5.41) is 0. The molecule has 2 aliphatic heterocycles. The van der Waals surface area contributed by atoms with E-state index in [4.69, 9.17) is 4.74 Å². The lowest BCUT2D eigenvalue weighted by molar-refractivity contribution is 0.0411. The van der Waals surface area contributed by atoms with Crippen LogP contribution in [0.1, 0.15) is 12.0 Å². The van der Waals surface area contributed by atoms with Crippen LogP contribution in [0, 0.1) is 5.92 Å². The minimum Gasteiger partial charge on any atom is -0.384 e. The first kappa shape index (κ1) is 14.0. The maximum atomic E-state index is 12.4. The van der Waals surface area contributed by atoms with Crippen LogP contribution in [0.2, 0.25) is 0 Å². The van der Waals surface area contributed by atoms with Crippen LogP contribution in [0.4, 0.5) is 0 Å². The molecule has 2 aliphatic rings. The van der Waals surface area contributed by atoms with E-state index in [1.54, 1.807) is 13.3 Å². The van der Waals surface area contributed by atoms with Gasteiger partial charge in [0.1, 0.15) is 4.75 Å². The molecule has 1 aromatic rings. The zero-order chi connectivity index (χ0) is 14.2. The van der Waals surface area contributed by atoms with Gasteiger partial charge in [0.2, 0.25) is 0 Å². The van der Waals surface area contributed by atoms with Crippen molar-refractivity contribution in [1.82, 2.24) is 9.88 Å². The van der Waals surface area contributed by atoms with Gasteiger partial charge in [0, 0.05) is 45.1 Å². The van der Waals surface area contributed by atoms with Crippen LogP contribution in [0.15, 0.2) is 24.5 Å². The van der Waals surface area contributed by atoms with Crippen LogP contribution in [0.3, 0.4) is 0 Å². The van der Waals surface area contributed by atoms with Crippen LogP contribution >= 0.6 is 0 Å². The lowest BCUT2D eigenvalue weighted by atomic mass is 9.83. The molecule has 0 aliphatic carbocycles. The summed E-state index contributed by atoms with van der Waals surface area (Å²) in [7, 11) is -1.34. The van der Waals surface area contributed by atoms with Gasteiger partial charge in [0.15, 0.2) is 9.84 Å². The number of aromatic nitrogens is 1. The predicted molar refractivity (Wildman–Crippen MR) is 76.0 cm³/mol. The van der Waals surface area contributed by atoms with Crippen LogP contribution in [0.25, 0.3) is 0 Å². The second-order valence-electron chi connectivity index (χ2n) is 5.83. The molecule has 0 bridgehead atoms. The van der Waals surface area contributed by atoms with Crippen LogP contribution in [-0.4, -0.2) is 55.6 Å². The highest BCUT2D eigenvalue weighted by Crippen LogP contribution is 2.45. The molecule has 0 radical (unpaired) electrons. The Balaban J connectivity index is 1.70. The lowest BCUT2D eigenvalue weighted by Crippen LogP contribution is -2.67. The smallest absolute Gasteiger partial charge is 0.158 e. The molecule has 5 nitrogen and oxygen atoms in total. The highest BCUT2D eigenvalue weighted by atomic mass is 32.2. The molecular formula is C14H20N2O3S. The predicted octanol–water partition coefficient (Wildman–Crippen LogP) is 0.717. The van der Waals surface area contributed by atoms with E-state index in [2.05, 4.69) is 9.88 Å². The molecule has 0 aromatic carbocycles. The van der Waals surface area contributed by atoms with Crippen molar-refractivity contribution in [1.29, 1.82) is 0 Å². The van der Waals surface area contributed by atoms with Crippen molar-refractivity contribution in [2.45, 2.75) is 17.7 Å². The first-order valence-electron chi connectivity index (χ1n) is 6.90. The summed E-state index contributed by atoms with van der Waals surface area (Å²) in [6.45, 7) is 2.56. The fraction of sp³-hybridized carbons (Fsp3) is 0.643. The van der Waals surface area contributed by atoms with E-state index in [0.717, 1.165) is 18.5 Å². The van der Waals surface area contributed by atoms with E-state index in [1.807, 2.05) is 18.3 Å². The van der Waals surface area contributed by atoms with Gasteiger partial charge in [0.25, 0.3) is 0 Å². The fourth-order valence-corrected chi connectivity index (χ4v) is 5.93. The van der Waals surface area contributed by atoms with Crippen molar-refractivity contribution in [2.75, 3.05) is 32.6 Å². The molecule has 6 heteroatoms. The monoisotopic (exact) mass is 296 g/mol. The van der Waals surface area contributed by atoms with E-state index >= 15 is 0 Å². The van der Waals surface area contributed by atoms with Gasteiger partial charge in [-0.1, -0.05) is 6.07 Å². The minimum absolute atomic E-state index is 0.141. The van der Waals surface area contributed by atoms with E-state index in [-0.39, 0.29) is 5.92 Å². The number of hydrogen-bond donors (Lipinski definition) is 0. The molecule has 2 fully saturated rings. The summed E-state index contributed by atoms with van der Waals surface area (Å²) in [5.41, 5.74) is 1.13. The summed E-state index contributed by atoms with van der Waals surface area (Å²) >= 11 is 0. The zero-order valence-corrected chi connectivity index (χ0v) is 12.5.